The van der Waals surface area contributed by atoms with E-state index in [1.54, 1.807) is 6.08 Å². The molecular formula is C7H6N2O2Se. The second-order valence-corrected chi connectivity index (χ2v) is 3.89. The third kappa shape index (κ3) is 2.19. The van der Waals surface area contributed by atoms with E-state index in [-0.39, 0.29) is 25.6 Å². The zero-order valence-electron chi connectivity index (χ0n) is 6.19. The predicted molar refractivity (Wildman–Crippen MR) is 44.0 cm³/mol. The van der Waals surface area contributed by atoms with E-state index in [1.165, 1.54) is 6.08 Å². The molecule has 0 heterocycles. The van der Waals surface area contributed by atoms with Crippen LogP contribution in [0, 0.1) is 20.3 Å². The van der Waals surface area contributed by atoms with Crippen LogP contribution in [0.5, 0.6) is 0 Å². The number of allylic oxidation sites excluding steroid dienone is 3. The summed E-state index contributed by atoms with van der Waals surface area (Å²) in [5, 5.41) is 19.3. The molecule has 0 spiro atoms. The molecule has 0 aromatic rings. The van der Waals surface area contributed by atoms with Crippen LogP contribution in [0.25, 0.3) is 0 Å². The molecule has 1 aliphatic carbocycles. The van der Waals surface area contributed by atoms with Gasteiger partial charge >= 0.3 is 75.4 Å². The van der Waals surface area contributed by atoms with Gasteiger partial charge in [0, 0.05) is 0 Å². The molecule has 62 valence electrons. The summed E-state index contributed by atoms with van der Waals surface area (Å²) in [5.74, 6) is 0. The Morgan fingerprint density at radius 1 is 1.75 bits per heavy atom. The maximum absolute atomic E-state index is 10.3. The van der Waals surface area contributed by atoms with E-state index in [0.29, 0.717) is 11.7 Å². The molecule has 0 aromatic heterocycles. The fraction of sp³-hybridized carbons (Fsp3) is 0.286. The molecule has 12 heavy (non-hydrogen) atoms. The summed E-state index contributed by atoms with van der Waals surface area (Å²) in [5.41, 5.74) is 1.24. The molecule has 4 nitrogen and oxygen atoms in total. The van der Waals surface area contributed by atoms with Gasteiger partial charge in [-0.25, -0.2) is 0 Å². The van der Waals surface area contributed by atoms with Crippen LogP contribution in [-0.2, 0) is 0 Å². The summed E-state index contributed by atoms with van der Waals surface area (Å²) in [7, 11) is 0. The molecule has 0 atom stereocenters. The molecule has 0 bridgehead atoms. The summed E-state index contributed by atoms with van der Waals surface area (Å²) in [6.45, 7) is 0. The maximum atomic E-state index is 10.3. The molecular weight excluding hydrogens is 223 g/mol. The van der Waals surface area contributed by atoms with Crippen LogP contribution in [0.1, 0.15) is 6.42 Å². The van der Waals surface area contributed by atoms with Gasteiger partial charge in [0.05, 0.1) is 0 Å². The zero-order chi connectivity index (χ0) is 8.97. The zero-order valence-corrected chi connectivity index (χ0v) is 7.90. The van der Waals surface area contributed by atoms with Crippen LogP contribution in [0.2, 0.25) is 5.32 Å². The first-order valence-electron chi connectivity index (χ1n) is 3.28. The molecule has 0 amide bonds. The van der Waals surface area contributed by atoms with E-state index in [2.05, 4.69) is 4.97 Å². The number of nitrogens with zero attached hydrogens (tertiary/aromatic N) is 2. The Balaban J connectivity index is 2.41. The van der Waals surface area contributed by atoms with E-state index < -0.39 is 0 Å². The van der Waals surface area contributed by atoms with Crippen molar-refractivity contribution >= 4 is 15.0 Å². The van der Waals surface area contributed by atoms with Crippen molar-refractivity contribution in [3.63, 3.8) is 0 Å². The quantitative estimate of drug-likeness (QED) is 0.413. The Bertz CT molecular complexity index is 301. The Kier molecular flexibility index (Phi) is 3.03. The van der Waals surface area contributed by atoms with E-state index in [1.807, 2.05) is 0 Å². The minimum absolute atomic E-state index is 0.0638. The van der Waals surface area contributed by atoms with Crippen molar-refractivity contribution in [3.8, 4) is 4.97 Å². The van der Waals surface area contributed by atoms with E-state index in [0.717, 1.165) is 5.57 Å². The molecule has 0 fully saturated rings. The standard InChI is InChI=1S/C7H6N2O2Se/c8-5-12-4-6-1-2-7(3-6)9(10)11/h1-2H,3-4H2. The molecule has 1 rings (SSSR count). The van der Waals surface area contributed by atoms with E-state index in [9.17, 15) is 10.1 Å². The molecule has 0 N–H and O–H groups in total. The fourth-order valence-corrected chi connectivity index (χ4v) is 1.85. The molecule has 0 aromatic carbocycles. The first kappa shape index (κ1) is 8.98. The Labute approximate surface area is 75.9 Å². The number of nitro groups is 1. The minimum atomic E-state index is -0.372. The van der Waals surface area contributed by atoms with Crippen molar-refractivity contribution in [2.45, 2.75) is 11.7 Å². The van der Waals surface area contributed by atoms with Gasteiger partial charge in [0.2, 0.25) is 0 Å². The van der Waals surface area contributed by atoms with Gasteiger partial charge < -0.3 is 0 Å². The van der Waals surface area contributed by atoms with Crippen molar-refractivity contribution < 1.29 is 4.92 Å². The topological polar surface area (TPSA) is 66.9 Å². The van der Waals surface area contributed by atoms with Crippen LogP contribution in [0.4, 0.5) is 0 Å². The van der Waals surface area contributed by atoms with Crippen LogP contribution in [-0.4, -0.2) is 19.9 Å². The molecule has 0 saturated heterocycles. The number of nitriles is 1. The third-order valence-electron chi connectivity index (χ3n) is 1.48. The number of hydrogen-bond acceptors (Lipinski definition) is 3. The van der Waals surface area contributed by atoms with Gasteiger partial charge in [-0.1, -0.05) is 0 Å². The first-order valence-corrected chi connectivity index (χ1v) is 5.34. The van der Waals surface area contributed by atoms with E-state index >= 15 is 0 Å². The van der Waals surface area contributed by atoms with Gasteiger partial charge in [-0.2, -0.15) is 0 Å². The van der Waals surface area contributed by atoms with Gasteiger partial charge in [0.25, 0.3) is 0 Å². The third-order valence-corrected chi connectivity index (χ3v) is 2.83. The van der Waals surface area contributed by atoms with Crippen LogP contribution in [0.3, 0.4) is 0 Å². The Hall–Kier alpha value is -1.11. The SMILES string of the molecule is N#C[Se]CC1=CC=C([N+](=O)[O-])C1. The average molecular weight is 229 g/mol. The summed E-state index contributed by atoms with van der Waals surface area (Å²) in [4.78, 5) is 12.0. The molecule has 1 aliphatic rings. The molecule has 0 radical (unpaired) electrons. The summed E-state index contributed by atoms with van der Waals surface area (Å²) < 4.78 is 0. The molecule has 0 saturated carbocycles. The molecule has 5 heteroatoms. The monoisotopic (exact) mass is 230 g/mol. The van der Waals surface area contributed by atoms with Crippen molar-refractivity contribution in [2.24, 2.45) is 0 Å². The second kappa shape index (κ2) is 4.05. The van der Waals surface area contributed by atoms with Crippen LogP contribution < -0.4 is 0 Å². The van der Waals surface area contributed by atoms with Gasteiger partial charge in [-0.15, -0.1) is 0 Å². The van der Waals surface area contributed by atoms with Crippen molar-refractivity contribution in [3.05, 3.63) is 33.5 Å². The molecule has 0 unspecified atom stereocenters. The van der Waals surface area contributed by atoms with Crippen molar-refractivity contribution in [1.29, 1.82) is 5.26 Å². The summed E-state index contributed by atoms with van der Waals surface area (Å²) in [6, 6.07) is 0. The van der Waals surface area contributed by atoms with Crippen LogP contribution in [0.15, 0.2) is 23.4 Å². The predicted octanol–water partition coefficient (Wildman–Crippen LogP) is 1.08. The Morgan fingerprint density at radius 3 is 3.00 bits per heavy atom. The van der Waals surface area contributed by atoms with Gasteiger partial charge in [0.1, 0.15) is 0 Å². The Morgan fingerprint density at radius 2 is 2.50 bits per heavy atom. The molecule has 0 aliphatic heterocycles. The van der Waals surface area contributed by atoms with Gasteiger partial charge in [0.15, 0.2) is 0 Å². The van der Waals surface area contributed by atoms with Gasteiger partial charge in [-0.05, 0) is 0 Å². The average Bonchev–Trinajstić information content (AvgIpc) is 2.48. The normalized spacial score (nSPS) is 14.9. The van der Waals surface area contributed by atoms with Crippen molar-refractivity contribution in [1.82, 2.24) is 0 Å². The van der Waals surface area contributed by atoms with E-state index in [4.69, 9.17) is 5.26 Å². The van der Waals surface area contributed by atoms with Crippen molar-refractivity contribution in [2.75, 3.05) is 0 Å². The fourth-order valence-electron chi connectivity index (χ4n) is 0.914. The first-order chi connectivity index (χ1) is 5.74. The van der Waals surface area contributed by atoms with Crippen LogP contribution >= 0.6 is 0 Å². The second-order valence-electron chi connectivity index (χ2n) is 2.30. The number of rotatable bonds is 3. The summed E-state index contributed by atoms with van der Waals surface area (Å²) in [6.07, 6.45) is 3.68. The summed E-state index contributed by atoms with van der Waals surface area (Å²) >= 11 is -0.0638. The number of hydrogen-bond donors (Lipinski definition) is 0. The van der Waals surface area contributed by atoms with Gasteiger partial charge in [-0.3, -0.25) is 0 Å².